The van der Waals surface area contributed by atoms with Gasteiger partial charge in [0.15, 0.2) is 6.10 Å². The van der Waals surface area contributed by atoms with Crippen molar-refractivity contribution in [1.29, 1.82) is 0 Å². The lowest BCUT2D eigenvalue weighted by Crippen LogP contribution is -2.46. The predicted octanol–water partition coefficient (Wildman–Crippen LogP) is 2.53. The minimum absolute atomic E-state index is 0.0714. The summed E-state index contributed by atoms with van der Waals surface area (Å²) in [5, 5.41) is 19.9. The second-order valence-corrected chi connectivity index (χ2v) is 6.31. The zero-order valence-corrected chi connectivity index (χ0v) is 13.6. The molecule has 0 aliphatic carbocycles. The smallest absolute Gasteiger partial charge is 0.335 e. The Kier molecular flexibility index (Phi) is 4.97. The van der Waals surface area contributed by atoms with E-state index in [2.05, 4.69) is 0 Å². The van der Waals surface area contributed by atoms with Gasteiger partial charge in [-0.15, -0.1) is 0 Å². The first kappa shape index (κ1) is 16.7. The van der Waals surface area contributed by atoms with Crippen LogP contribution in [0.2, 0.25) is 0 Å². The van der Waals surface area contributed by atoms with Gasteiger partial charge in [-0.1, -0.05) is 60.2 Å². The van der Waals surface area contributed by atoms with Gasteiger partial charge in [-0.25, -0.2) is 4.79 Å². The SMILES string of the molecule is Cc1ccc([C@H]2[C@H](c3ccccc3)[C@@H](CCO)OC(=O)[C@@H]2O)cc1. The molecule has 4 atom stereocenters. The van der Waals surface area contributed by atoms with E-state index >= 15 is 0 Å². The summed E-state index contributed by atoms with van der Waals surface area (Å²) in [5.74, 6) is -1.22. The second kappa shape index (κ2) is 7.16. The predicted molar refractivity (Wildman–Crippen MR) is 90.7 cm³/mol. The van der Waals surface area contributed by atoms with Gasteiger partial charge in [0, 0.05) is 24.9 Å². The molecule has 1 aliphatic heterocycles. The van der Waals surface area contributed by atoms with Crippen molar-refractivity contribution in [2.24, 2.45) is 0 Å². The van der Waals surface area contributed by atoms with Crippen LogP contribution in [-0.2, 0) is 9.53 Å². The summed E-state index contributed by atoms with van der Waals surface area (Å²) in [6, 6.07) is 17.6. The van der Waals surface area contributed by atoms with Crippen LogP contribution < -0.4 is 0 Å². The third-order valence-corrected chi connectivity index (χ3v) is 4.70. The Morgan fingerprint density at radius 1 is 0.958 bits per heavy atom. The Morgan fingerprint density at radius 2 is 1.58 bits per heavy atom. The van der Waals surface area contributed by atoms with Crippen molar-refractivity contribution < 1.29 is 19.7 Å². The van der Waals surface area contributed by atoms with E-state index in [4.69, 9.17) is 4.74 Å². The summed E-state index contributed by atoms with van der Waals surface area (Å²) in [4.78, 5) is 12.2. The van der Waals surface area contributed by atoms with Gasteiger partial charge in [0.1, 0.15) is 6.10 Å². The first-order valence-electron chi connectivity index (χ1n) is 8.22. The topological polar surface area (TPSA) is 66.8 Å². The highest BCUT2D eigenvalue weighted by Crippen LogP contribution is 2.44. The van der Waals surface area contributed by atoms with E-state index in [0.29, 0.717) is 6.42 Å². The number of carbonyl (C=O) groups excluding carboxylic acids is 1. The van der Waals surface area contributed by atoms with Crippen LogP contribution in [0.15, 0.2) is 54.6 Å². The van der Waals surface area contributed by atoms with Gasteiger partial charge in [0.25, 0.3) is 0 Å². The molecule has 2 aromatic carbocycles. The maximum Gasteiger partial charge on any atom is 0.335 e. The van der Waals surface area contributed by atoms with Crippen molar-refractivity contribution in [2.75, 3.05) is 6.61 Å². The molecular weight excluding hydrogens is 304 g/mol. The van der Waals surface area contributed by atoms with Gasteiger partial charge in [0.2, 0.25) is 0 Å². The number of carbonyl (C=O) groups is 1. The molecular formula is C20H22O4. The first-order valence-corrected chi connectivity index (χ1v) is 8.22. The molecule has 0 aromatic heterocycles. The molecule has 1 saturated heterocycles. The monoisotopic (exact) mass is 326 g/mol. The van der Waals surface area contributed by atoms with Gasteiger partial charge in [0.05, 0.1) is 0 Å². The summed E-state index contributed by atoms with van der Waals surface area (Å²) in [7, 11) is 0. The van der Waals surface area contributed by atoms with Crippen molar-refractivity contribution in [3.8, 4) is 0 Å². The van der Waals surface area contributed by atoms with Crippen LogP contribution >= 0.6 is 0 Å². The third-order valence-electron chi connectivity index (χ3n) is 4.70. The number of hydrogen-bond acceptors (Lipinski definition) is 4. The molecule has 0 radical (unpaired) electrons. The Balaban J connectivity index is 2.07. The van der Waals surface area contributed by atoms with Gasteiger partial charge < -0.3 is 14.9 Å². The molecule has 0 saturated carbocycles. The van der Waals surface area contributed by atoms with Gasteiger partial charge in [-0.05, 0) is 18.1 Å². The van der Waals surface area contributed by atoms with Crippen molar-refractivity contribution in [2.45, 2.75) is 37.4 Å². The largest absolute Gasteiger partial charge is 0.460 e. The maximum absolute atomic E-state index is 12.2. The van der Waals surface area contributed by atoms with Crippen LogP contribution in [-0.4, -0.2) is 35.0 Å². The van der Waals surface area contributed by atoms with E-state index in [1.54, 1.807) is 0 Å². The Labute approximate surface area is 141 Å². The highest BCUT2D eigenvalue weighted by Gasteiger charge is 2.46. The fourth-order valence-electron chi connectivity index (χ4n) is 3.51. The Morgan fingerprint density at radius 3 is 2.21 bits per heavy atom. The van der Waals surface area contributed by atoms with E-state index in [9.17, 15) is 15.0 Å². The number of aliphatic hydroxyl groups excluding tert-OH is 2. The molecule has 1 fully saturated rings. The number of benzene rings is 2. The highest BCUT2D eigenvalue weighted by molar-refractivity contribution is 5.77. The van der Waals surface area contributed by atoms with Crippen LogP contribution in [0.25, 0.3) is 0 Å². The number of aryl methyl sites for hydroxylation is 1. The number of cyclic esters (lactones) is 1. The average Bonchev–Trinajstić information content (AvgIpc) is 2.60. The van der Waals surface area contributed by atoms with E-state index < -0.39 is 24.1 Å². The molecule has 4 heteroatoms. The summed E-state index contributed by atoms with van der Waals surface area (Å²) in [5.41, 5.74) is 3.02. The summed E-state index contributed by atoms with van der Waals surface area (Å²) in [6.45, 7) is 1.93. The average molecular weight is 326 g/mol. The molecule has 0 bridgehead atoms. The number of aliphatic hydroxyl groups is 2. The van der Waals surface area contributed by atoms with Crippen molar-refractivity contribution in [1.82, 2.24) is 0 Å². The van der Waals surface area contributed by atoms with Gasteiger partial charge in [-0.3, -0.25) is 0 Å². The molecule has 0 unspecified atom stereocenters. The molecule has 0 amide bonds. The first-order chi connectivity index (χ1) is 11.6. The minimum atomic E-state index is -1.21. The fourth-order valence-corrected chi connectivity index (χ4v) is 3.51. The lowest BCUT2D eigenvalue weighted by molar-refractivity contribution is -0.172. The summed E-state index contributed by atoms with van der Waals surface area (Å²) < 4.78 is 5.43. The van der Waals surface area contributed by atoms with Crippen LogP contribution in [0.3, 0.4) is 0 Å². The Hall–Kier alpha value is -2.17. The molecule has 3 rings (SSSR count). The number of esters is 1. The zero-order valence-electron chi connectivity index (χ0n) is 13.6. The molecule has 2 aromatic rings. The quantitative estimate of drug-likeness (QED) is 0.847. The van der Waals surface area contributed by atoms with Crippen molar-refractivity contribution in [3.63, 3.8) is 0 Å². The van der Waals surface area contributed by atoms with E-state index in [1.807, 2.05) is 61.5 Å². The third kappa shape index (κ3) is 3.21. The van der Waals surface area contributed by atoms with Crippen LogP contribution in [0.1, 0.15) is 34.9 Å². The van der Waals surface area contributed by atoms with Gasteiger partial charge >= 0.3 is 5.97 Å². The molecule has 24 heavy (non-hydrogen) atoms. The minimum Gasteiger partial charge on any atom is -0.460 e. The van der Waals surface area contributed by atoms with Crippen LogP contribution in [0.4, 0.5) is 0 Å². The molecule has 1 aliphatic rings. The zero-order chi connectivity index (χ0) is 17.1. The maximum atomic E-state index is 12.2. The van der Waals surface area contributed by atoms with Crippen LogP contribution in [0.5, 0.6) is 0 Å². The van der Waals surface area contributed by atoms with E-state index in [0.717, 1.165) is 16.7 Å². The molecule has 1 heterocycles. The Bertz CT molecular complexity index is 681. The highest BCUT2D eigenvalue weighted by atomic mass is 16.6. The van der Waals surface area contributed by atoms with Gasteiger partial charge in [-0.2, -0.15) is 0 Å². The fraction of sp³-hybridized carbons (Fsp3) is 0.350. The lowest BCUT2D eigenvalue weighted by Gasteiger charge is -2.40. The molecule has 4 nitrogen and oxygen atoms in total. The molecule has 2 N–H and O–H groups in total. The normalized spacial score (nSPS) is 26.9. The van der Waals surface area contributed by atoms with Crippen molar-refractivity contribution >= 4 is 5.97 Å². The summed E-state index contributed by atoms with van der Waals surface area (Å²) in [6.07, 6.45) is -1.33. The molecule has 0 spiro atoms. The van der Waals surface area contributed by atoms with Crippen LogP contribution in [0, 0.1) is 6.92 Å². The number of hydrogen-bond donors (Lipinski definition) is 2. The molecule has 126 valence electrons. The van der Waals surface area contributed by atoms with Crippen molar-refractivity contribution in [3.05, 3.63) is 71.3 Å². The second-order valence-electron chi connectivity index (χ2n) is 6.31. The summed E-state index contributed by atoms with van der Waals surface area (Å²) >= 11 is 0. The number of ether oxygens (including phenoxy) is 1. The van der Waals surface area contributed by atoms with E-state index in [1.165, 1.54) is 0 Å². The lowest BCUT2D eigenvalue weighted by atomic mass is 9.72. The number of rotatable bonds is 4. The van der Waals surface area contributed by atoms with E-state index in [-0.39, 0.29) is 12.5 Å². The standard InChI is InChI=1S/C20H22O4/c1-13-7-9-15(10-8-13)18-17(14-5-3-2-4-6-14)16(11-12-21)24-20(23)19(18)22/h2-10,16-19,21-22H,11-12H2,1H3/t16-,17-,18+,19-/m1/s1.